The molecule has 0 bridgehead atoms. The number of rotatable bonds is 4. The Morgan fingerprint density at radius 2 is 2.04 bits per heavy atom. The first kappa shape index (κ1) is 17.1. The van der Waals surface area contributed by atoms with Crippen molar-refractivity contribution < 1.29 is 22.4 Å². The highest BCUT2D eigenvalue weighted by Gasteiger charge is 2.47. The average molecular weight is 367 g/mol. The van der Waals surface area contributed by atoms with Crippen molar-refractivity contribution in [1.82, 2.24) is 15.3 Å². The smallest absolute Gasteiger partial charge is 0.344 e. The van der Waals surface area contributed by atoms with Gasteiger partial charge in [0.05, 0.1) is 5.52 Å². The lowest BCUT2D eigenvalue weighted by Gasteiger charge is -2.13. The van der Waals surface area contributed by atoms with Crippen LogP contribution in [0.2, 0.25) is 0 Å². The molecule has 8 heteroatoms. The lowest BCUT2D eigenvalue weighted by Crippen LogP contribution is -2.38. The molecule has 1 aliphatic heterocycles. The number of benzene rings is 1. The van der Waals surface area contributed by atoms with Gasteiger partial charge in [0.1, 0.15) is 17.4 Å². The Hall–Kier alpha value is -2.38. The van der Waals surface area contributed by atoms with E-state index in [4.69, 9.17) is 0 Å². The Balaban J connectivity index is 1.54. The first-order chi connectivity index (χ1) is 12.3. The standard InChI is InChI=1S/C18H17F4N3O/c19-12-6-10(5-11-8-14(18(20,21)22)24-17(11)26)7-13-16(12)25-15(23-13)4-3-9-1-2-9/h3-4,6-7,9,11,14H,1-2,5,8H2,(H,23,25)(H,24,26)/b4-3-. The number of carbonyl (C=O) groups is 1. The maximum Gasteiger partial charge on any atom is 0.408 e. The Morgan fingerprint density at radius 3 is 2.69 bits per heavy atom. The van der Waals surface area contributed by atoms with E-state index in [0.717, 1.165) is 12.8 Å². The molecule has 1 saturated heterocycles. The number of alkyl halides is 3. The number of halogens is 4. The normalized spacial score (nSPS) is 23.9. The van der Waals surface area contributed by atoms with Crippen molar-refractivity contribution in [1.29, 1.82) is 0 Å². The van der Waals surface area contributed by atoms with Crippen molar-refractivity contribution in [2.45, 2.75) is 37.9 Å². The fourth-order valence-corrected chi connectivity index (χ4v) is 3.28. The van der Waals surface area contributed by atoms with Crippen molar-refractivity contribution in [3.8, 4) is 0 Å². The number of imidazole rings is 1. The number of nitrogens with one attached hydrogen (secondary N) is 2. The number of carbonyl (C=O) groups excluding carboxylic acids is 1. The average Bonchev–Trinajstić information content (AvgIpc) is 3.17. The zero-order valence-electron chi connectivity index (χ0n) is 13.7. The molecule has 0 spiro atoms. The van der Waals surface area contributed by atoms with E-state index >= 15 is 0 Å². The Kier molecular flexibility index (Phi) is 4.00. The summed E-state index contributed by atoms with van der Waals surface area (Å²) in [5.74, 6) is -0.920. The maximum atomic E-state index is 14.3. The molecule has 2 heterocycles. The fourth-order valence-electron chi connectivity index (χ4n) is 3.28. The topological polar surface area (TPSA) is 57.8 Å². The Morgan fingerprint density at radius 1 is 1.27 bits per heavy atom. The molecule has 4 nitrogen and oxygen atoms in total. The van der Waals surface area contributed by atoms with Crippen LogP contribution in [0, 0.1) is 17.7 Å². The van der Waals surface area contributed by atoms with Gasteiger partial charge in [-0.15, -0.1) is 0 Å². The van der Waals surface area contributed by atoms with Gasteiger partial charge >= 0.3 is 6.18 Å². The third kappa shape index (κ3) is 3.45. The first-order valence-electron chi connectivity index (χ1n) is 8.53. The van der Waals surface area contributed by atoms with Gasteiger partial charge in [0.2, 0.25) is 5.91 Å². The second-order valence-corrected chi connectivity index (χ2v) is 7.03. The van der Waals surface area contributed by atoms with Gasteiger partial charge in [-0.05, 0) is 55.4 Å². The quantitative estimate of drug-likeness (QED) is 0.809. The van der Waals surface area contributed by atoms with E-state index in [1.807, 2.05) is 17.5 Å². The second kappa shape index (κ2) is 6.10. The highest BCUT2D eigenvalue weighted by atomic mass is 19.4. The summed E-state index contributed by atoms with van der Waals surface area (Å²) < 4.78 is 52.6. The molecule has 2 fully saturated rings. The Bertz CT molecular complexity index is 882. The molecule has 26 heavy (non-hydrogen) atoms. The van der Waals surface area contributed by atoms with E-state index in [1.54, 1.807) is 6.07 Å². The highest BCUT2D eigenvalue weighted by molar-refractivity contribution is 5.82. The van der Waals surface area contributed by atoms with E-state index in [1.165, 1.54) is 6.07 Å². The number of aromatic amines is 1. The predicted molar refractivity (Wildman–Crippen MR) is 87.6 cm³/mol. The summed E-state index contributed by atoms with van der Waals surface area (Å²) in [6.45, 7) is 0. The molecule has 2 aliphatic rings. The molecule has 2 N–H and O–H groups in total. The molecule has 4 rings (SSSR count). The van der Waals surface area contributed by atoms with Gasteiger partial charge in [0.15, 0.2) is 5.82 Å². The fraction of sp³-hybridized carbons (Fsp3) is 0.444. The van der Waals surface area contributed by atoms with Crippen molar-refractivity contribution in [3.63, 3.8) is 0 Å². The molecule has 1 aromatic heterocycles. The van der Waals surface area contributed by atoms with Crippen molar-refractivity contribution in [2.24, 2.45) is 11.8 Å². The van der Waals surface area contributed by atoms with Crippen LogP contribution in [-0.4, -0.2) is 28.1 Å². The van der Waals surface area contributed by atoms with E-state index in [0.29, 0.717) is 22.8 Å². The molecule has 1 saturated carbocycles. The zero-order valence-corrected chi connectivity index (χ0v) is 13.7. The summed E-state index contributed by atoms with van der Waals surface area (Å²) in [4.78, 5) is 19.0. The van der Waals surface area contributed by atoms with Crippen LogP contribution in [0.3, 0.4) is 0 Å². The first-order valence-corrected chi connectivity index (χ1v) is 8.53. The maximum absolute atomic E-state index is 14.3. The molecule has 1 aromatic carbocycles. The third-order valence-corrected chi connectivity index (χ3v) is 4.85. The highest BCUT2D eigenvalue weighted by Crippen LogP contribution is 2.32. The summed E-state index contributed by atoms with van der Waals surface area (Å²) in [5, 5.41) is 1.97. The second-order valence-electron chi connectivity index (χ2n) is 7.03. The van der Waals surface area contributed by atoms with Gasteiger partial charge in [-0.3, -0.25) is 4.79 Å². The molecule has 1 amide bonds. The van der Waals surface area contributed by atoms with Crippen LogP contribution in [-0.2, 0) is 11.2 Å². The number of nitrogens with zero attached hydrogens (tertiary/aromatic N) is 1. The lowest BCUT2D eigenvalue weighted by molar-refractivity contribution is -0.154. The summed E-state index contributed by atoms with van der Waals surface area (Å²) in [7, 11) is 0. The van der Waals surface area contributed by atoms with E-state index in [2.05, 4.69) is 9.97 Å². The molecule has 1 aliphatic carbocycles. The summed E-state index contributed by atoms with van der Waals surface area (Å²) >= 11 is 0. The number of hydrogen-bond acceptors (Lipinski definition) is 2. The number of fused-ring (bicyclic) bond motifs is 1. The number of hydrogen-bond donors (Lipinski definition) is 2. The molecule has 2 unspecified atom stereocenters. The summed E-state index contributed by atoms with van der Waals surface area (Å²) in [6.07, 6.45) is 1.39. The van der Waals surface area contributed by atoms with Crippen molar-refractivity contribution in [2.75, 3.05) is 0 Å². The van der Waals surface area contributed by atoms with Gasteiger partial charge in [-0.25, -0.2) is 9.37 Å². The zero-order chi connectivity index (χ0) is 18.5. The summed E-state index contributed by atoms with van der Waals surface area (Å²) in [6, 6.07) is 1.06. The van der Waals surface area contributed by atoms with Crippen molar-refractivity contribution >= 4 is 23.0 Å². The lowest BCUT2D eigenvalue weighted by atomic mass is 9.95. The van der Waals surface area contributed by atoms with Gasteiger partial charge in [0, 0.05) is 5.92 Å². The number of amides is 1. The van der Waals surface area contributed by atoms with Gasteiger partial charge in [-0.2, -0.15) is 13.2 Å². The molecule has 0 radical (unpaired) electrons. The predicted octanol–water partition coefficient (Wildman–Crippen LogP) is 3.73. The molecule has 2 atom stereocenters. The van der Waals surface area contributed by atoms with Crippen LogP contribution in [0.5, 0.6) is 0 Å². The number of H-pyrrole nitrogens is 1. The third-order valence-electron chi connectivity index (χ3n) is 4.85. The van der Waals surface area contributed by atoms with Gasteiger partial charge in [-0.1, -0.05) is 6.08 Å². The monoisotopic (exact) mass is 367 g/mol. The van der Waals surface area contributed by atoms with E-state index < -0.39 is 29.9 Å². The minimum Gasteiger partial charge on any atom is -0.344 e. The van der Waals surface area contributed by atoms with Crippen LogP contribution >= 0.6 is 0 Å². The van der Waals surface area contributed by atoms with Crippen molar-refractivity contribution in [3.05, 3.63) is 35.4 Å². The largest absolute Gasteiger partial charge is 0.408 e. The molecule has 2 aromatic rings. The van der Waals surface area contributed by atoms with Gasteiger partial charge in [0.25, 0.3) is 0 Å². The van der Waals surface area contributed by atoms with Gasteiger partial charge < -0.3 is 10.3 Å². The molecular weight excluding hydrogens is 350 g/mol. The minimum atomic E-state index is -4.47. The van der Waals surface area contributed by atoms with Crippen LogP contribution in [0.4, 0.5) is 17.6 Å². The van der Waals surface area contributed by atoms with Crippen LogP contribution in [0.1, 0.15) is 30.7 Å². The Labute approximate surface area is 146 Å². The van der Waals surface area contributed by atoms with E-state index in [-0.39, 0.29) is 18.4 Å². The van der Waals surface area contributed by atoms with Crippen LogP contribution in [0.15, 0.2) is 18.2 Å². The summed E-state index contributed by atoms with van der Waals surface area (Å²) in [5.41, 5.74) is 1.13. The molecular formula is C18H17F4N3O. The van der Waals surface area contributed by atoms with Crippen LogP contribution < -0.4 is 5.32 Å². The van der Waals surface area contributed by atoms with E-state index in [9.17, 15) is 22.4 Å². The minimum absolute atomic E-state index is 0.0531. The SMILES string of the molecule is O=C1NC(C(F)(F)F)CC1Cc1cc(F)c2nc(/C=C\C3CC3)[nH]c2c1. The number of aromatic nitrogens is 2. The molecule has 138 valence electrons. The van der Waals surface area contributed by atoms with Crippen LogP contribution in [0.25, 0.3) is 17.1 Å². The number of allylic oxidation sites excluding steroid dienone is 1.